The minimum absolute atomic E-state index is 0.0857. The summed E-state index contributed by atoms with van der Waals surface area (Å²) in [5, 5.41) is 13.8. The fourth-order valence-electron chi connectivity index (χ4n) is 2.26. The molecule has 1 aromatic rings. The molecule has 1 amide bonds. The van der Waals surface area contributed by atoms with Gasteiger partial charge in [-0.15, -0.1) is 0 Å². The third-order valence-corrected chi connectivity index (χ3v) is 3.62. The molecular weight excluding hydrogens is 280 g/mol. The van der Waals surface area contributed by atoms with E-state index in [1.54, 1.807) is 12.1 Å². The van der Waals surface area contributed by atoms with Crippen molar-refractivity contribution in [2.24, 2.45) is 0 Å². The second kappa shape index (κ2) is 6.52. The molecule has 106 valence electrons. The topological polar surface area (TPSA) is 72.2 Å². The summed E-state index contributed by atoms with van der Waals surface area (Å²) in [5.74, 6) is -0.172. The van der Waals surface area contributed by atoms with E-state index < -0.39 is 4.92 Å². The summed E-state index contributed by atoms with van der Waals surface area (Å²) in [6.07, 6.45) is 7.28. The Bertz CT molecular complexity index is 551. The molecule has 0 heterocycles. The highest BCUT2D eigenvalue weighted by atomic mass is 35.5. The largest absolute Gasteiger partial charge is 0.350 e. The molecule has 1 saturated carbocycles. The van der Waals surface area contributed by atoms with Crippen molar-refractivity contribution < 1.29 is 9.72 Å². The molecule has 0 spiro atoms. The number of nitrogens with one attached hydrogen (secondary N) is 1. The molecule has 1 aliphatic rings. The molecule has 0 unspecified atom stereocenters. The maximum atomic E-state index is 11.7. The molecule has 0 aromatic heterocycles. The first-order chi connectivity index (χ1) is 9.56. The lowest BCUT2D eigenvalue weighted by atomic mass is 10.2. The van der Waals surface area contributed by atoms with E-state index in [2.05, 4.69) is 5.32 Å². The highest BCUT2D eigenvalue weighted by Gasteiger charge is 2.16. The van der Waals surface area contributed by atoms with Gasteiger partial charge in [0.1, 0.15) is 5.02 Å². The van der Waals surface area contributed by atoms with Crippen molar-refractivity contribution in [1.82, 2.24) is 5.32 Å². The summed E-state index contributed by atoms with van der Waals surface area (Å²) in [7, 11) is 0. The fourth-order valence-corrected chi connectivity index (χ4v) is 2.45. The van der Waals surface area contributed by atoms with E-state index in [4.69, 9.17) is 11.6 Å². The van der Waals surface area contributed by atoms with Crippen molar-refractivity contribution >= 4 is 29.3 Å². The Morgan fingerprint density at radius 3 is 2.75 bits per heavy atom. The van der Waals surface area contributed by atoms with Crippen molar-refractivity contribution in [2.75, 3.05) is 0 Å². The molecule has 6 heteroatoms. The molecule has 20 heavy (non-hydrogen) atoms. The van der Waals surface area contributed by atoms with E-state index in [1.807, 2.05) is 0 Å². The maximum absolute atomic E-state index is 11.7. The first kappa shape index (κ1) is 14.5. The van der Waals surface area contributed by atoms with Crippen molar-refractivity contribution in [2.45, 2.75) is 31.7 Å². The van der Waals surface area contributed by atoms with Crippen LogP contribution in [0.25, 0.3) is 6.08 Å². The Hall–Kier alpha value is -1.88. The van der Waals surface area contributed by atoms with Gasteiger partial charge in [0.15, 0.2) is 0 Å². The van der Waals surface area contributed by atoms with Gasteiger partial charge in [0, 0.05) is 18.2 Å². The van der Waals surface area contributed by atoms with Gasteiger partial charge in [-0.3, -0.25) is 14.9 Å². The zero-order valence-electron chi connectivity index (χ0n) is 10.8. The molecule has 5 nitrogen and oxygen atoms in total. The smallest absolute Gasteiger partial charge is 0.288 e. The third-order valence-electron chi connectivity index (χ3n) is 3.30. The van der Waals surface area contributed by atoms with Gasteiger partial charge in [-0.05, 0) is 30.5 Å². The number of carbonyl (C=O) groups excluding carboxylic acids is 1. The standard InChI is InChI=1S/C14H15ClN2O3/c15-12-7-5-10(9-13(12)17(19)20)6-8-14(18)16-11-3-1-2-4-11/h5-9,11H,1-4H2,(H,16,18)/b8-6+. The zero-order chi connectivity index (χ0) is 14.5. The molecule has 1 aliphatic carbocycles. The van der Waals surface area contributed by atoms with Crippen molar-refractivity contribution in [3.05, 3.63) is 45.0 Å². The van der Waals surface area contributed by atoms with Gasteiger partial charge in [-0.2, -0.15) is 0 Å². The Balaban J connectivity index is 2.01. The van der Waals surface area contributed by atoms with Gasteiger partial charge >= 0.3 is 0 Å². The molecule has 0 radical (unpaired) electrons. The Morgan fingerprint density at radius 2 is 2.10 bits per heavy atom. The van der Waals surface area contributed by atoms with Gasteiger partial charge in [0.05, 0.1) is 4.92 Å². The SMILES string of the molecule is O=C(/C=C/c1ccc(Cl)c([N+](=O)[O-])c1)NC1CCCC1. The fraction of sp³-hybridized carbons (Fsp3) is 0.357. The van der Waals surface area contributed by atoms with Gasteiger partial charge in [-0.1, -0.05) is 30.5 Å². The minimum Gasteiger partial charge on any atom is -0.350 e. The van der Waals surface area contributed by atoms with Crippen LogP contribution in [0.5, 0.6) is 0 Å². The van der Waals surface area contributed by atoms with E-state index in [-0.39, 0.29) is 22.7 Å². The van der Waals surface area contributed by atoms with Gasteiger partial charge < -0.3 is 5.32 Å². The van der Waals surface area contributed by atoms with Crippen molar-refractivity contribution in [3.63, 3.8) is 0 Å². The number of carbonyl (C=O) groups is 1. The molecule has 2 rings (SSSR count). The number of amides is 1. The Kier molecular flexibility index (Phi) is 4.74. The Labute approximate surface area is 121 Å². The highest BCUT2D eigenvalue weighted by molar-refractivity contribution is 6.32. The van der Waals surface area contributed by atoms with Crippen LogP contribution in [0.4, 0.5) is 5.69 Å². The van der Waals surface area contributed by atoms with Crippen molar-refractivity contribution in [1.29, 1.82) is 0 Å². The predicted molar refractivity (Wildman–Crippen MR) is 77.5 cm³/mol. The van der Waals surface area contributed by atoms with Gasteiger partial charge in [0.2, 0.25) is 5.91 Å². The average molecular weight is 295 g/mol. The van der Waals surface area contributed by atoms with E-state index in [9.17, 15) is 14.9 Å². The van der Waals surface area contributed by atoms with Crippen LogP contribution in [0.3, 0.4) is 0 Å². The number of nitro benzene ring substituents is 1. The monoisotopic (exact) mass is 294 g/mol. The van der Waals surface area contributed by atoms with Crippen LogP contribution in [0, 0.1) is 10.1 Å². The van der Waals surface area contributed by atoms with E-state index in [0.717, 1.165) is 25.7 Å². The number of hydrogen-bond acceptors (Lipinski definition) is 3. The van der Waals surface area contributed by atoms with Crippen LogP contribution in [-0.4, -0.2) is 16.9 Å². The molecule has 1 fully saturated rings. The lowest BCUT2D eigenvalue weighted by Crippen LogP contribution is -2.30. The van der Waals surface area contributed by atoms with Gasteiger partial charge in [-0.25, -0.2) is 0 Å². The highest BCUT2D eigenvalue weighted by Crippen LogP contribution is 2.25. The van der Waals surface area contributed by atoms with Crippen LogP contribution < -0.4 is 5.32 Å². The molecule has 1 aromatic carbocycles. The number of nitro groups is 1. The second-order valence-corrected chi connectivity index (χ2v) is 5.20. The summed E-state index contributed by atoms with van der Waals surface area (Å²) in [4.78, 5) is 21.9. The first-order valence-electron chi connectivity index (χ1n) is 6.49. The third kappa shape index (κ3) is 3.81. The summed E-state index contributed by atoms with van der Waals surface area (Å²) in [5.41, 5.74) is 0.410. The van der Waals surface area contributed by atoms with E-state index in [1.165, 1.54) is 18.2 Å². The normalized spacial score (nSPS) is 15.7. The quantitative estimate of drug-likeness (QED) is 0.526. The summed E-state index contributed by atoms with van der Waals surface area (Å²) < 4.78 is 0. The lowest BCUT2D eigenvalue weighted by molar-refractivity contribution is -0.384. The van der Waals surface area contributed by atoms with Crippen LogP contribution in [0.15, 0.2) is 24.3 Å². The summed E-state index contributed by atoms with van der Waals surface area (Å²) >= 11 is 5.72. The first-order valence-corrected chi connectivity index (χ1v) is 6.86. The number of rotatable bonds is 4. The number of halogens is 1. The lowest BCUT2D eigenvalue weighted by Gasteiger charge is -2.08. The molecule has 0 bridgehead atoms. The molecule has 0 aliphatic heterocycles. The van der Waals surface area contributed by atoms with Crippen LogP contribution in [0.1, 0.15) is 31.2 Å². The number of hydrogen-bond donors (Lipinski definition) is 1. The Morgan fingerprint density at radius 1 is 1.40 bits per heavy atom. The molecular formula is C14H15ClN2O3. The second-order valence-electron chi connectivity index (χ2n) is 4.79. The van der Waals surface area contributed by atoms with Crippen molar-refractivity contribution in [3.8, 4) is 0 Å². The van der Waals surface area contributed by atoms with Crippen LogP contribution in [0.2, 0.25) is 5.02 Å². The molecule has 0 atom stereocenters. The average Bonchev–Trinajstić information content (AvgIpc) is 2.90. The number of benzene rings is 1. The molecule has 1 N–H and O–H groups in total. The van der Waals surface area contributed by atoms with Crippen LogP contribution >= 0.6 is 11.6 Å². The maximum Gasteiger partial charge on any atom is 0.288 e. The summed E-state index contributed by atoms with van der Waals surface area (Å²) in [6.45, 7) is 0. The van der Waals surface area contributed by atoms with Gasteiger partial charge in [0.25, 0.3) is 5.69 Å². The number of nitrogens with zero attached hydrogens (tertiary/aromatic N) is 1. The zero-order valence-corrected chi connectivity index (χ0v) is 11.6. The van der Waals surface area contributed by atoms with E-state index >= 15 is 0 Å². The minimum atomic E-state index is -0.543. The predicted octanol–water partition coefficient (Wildman–Crippen LogP) is 3.32. The molecule has 0 saturated heterocycles. The van der Waals surface area contributed by atoms with E-state index in [0.29, 0.717) is 5.56 Å². The van der Waals surface area contributed by atoms with Crippen LogP contribution in [-0.2, 0) is 4.79 Å². The summed E-state index contributed by atoms with van der Waals surface area (Å²) in [6, 6.07) is 4.69.